The molecule has 1 aliphatic heterocycles. The van der Waals surface area contributed by atoms with E-state index >= 15 is 0 Å². The molecule has 1 aromatic heterocycles. The number of rotatable bonds is 5. The number of nitrogen functional groups attached to an aromatic ring is 1. The van der Waals surface area contributed by atoms with Gasteiger partial charge in [0, 0.05) is 6.54 Å². The number of benzene rings is 2. The highest BCUT2D eigenvalue weighted by Crippen LogP contribution is 2.33. The van der Waals surface area contributed by atoms with Gasteiger partial charge in [-0.05, 0) is 42.3 Å². The number of nitrogens with zero attached hydrogens (tertiary/aromatic N) is 3. The summed E-state index contributed by atoms with van der Waals surface area (Å²) in [7, 11) is -3.59. The highest BCUT2D eigenvalue weighted by atomic mass is 32.2. The van der Waals surface area contributed by atoms with Crippen molar-refractivity contribution in [2.24, 2.45) is 0 Å². The van der Waals surface area contributed by atoms with E-state index in [0.717, 1.165) is 17.7 Å². The molecule has 134 valence electrons. The maximum Gasteiger partial charge on any atom is 0.264 e. The lowest BCUT2D eigenvalue weighted by atomic mass is 10.2. The minimum Gasteiger partial charge on any atom is -0.486 e. The number of para-hydroxylation sites is 1. The van der Waals surface area contributed by atoms with E-state index in [9.17, 15) is 8.42 Å². The Morgan fingerprint density at radius 3 is 2.62 bits per heavy atom. The second-order valence-corrected chi connectivity index (χ2v) is 8.71. The monoisotopic (exact) mass is 388 g/mol. The van der Waals surface area contributed by atoms with Gasteiger partial charge in [0.2, 0.25) is 5.13 Å². The number of ether oxygens (including phenoxy) is 1. The highest BCUT2D eigenvalue weighted by molar-refractivity contribution is 7.92. The van der Waals surface area contributed by atoms with Crippen LogP contribution in [0.4, 0.5) is 10.8 Å². The molecule has 2 heterocycles. The van der Waals surface area contributed by atoms with Gasteiger partial charge in [0.1, 0.15) is 12.4 Å². The Balaban J connectivity index is 1.51. The summed E-state index contributed by atoms with van der Waals surface area (Å²) in [6, 6.07) is 14.0. The highest BCUT2D eigenvalue weighted by Gasteiger charge is 2.30. The van der Waals surface area contributed by atoms with Gasteiger partial charge < -0.3 is 10.5 Å². The molecule has 9 heteroatoms. The van der Waals surface area contributed by atoms with Crippen LogP contribution in [0, 0.1) is 0 Å². The normalized spacial score (nSPS) is 13.6. The van der Waals surface area contributed by atoms with Crippen molar-refractivity contribution in [3.63, 3.8) is 0 Å². The van der Waals surface area contributed by atoms with Gasteiger partial charge in [0.15, 0.2) is 5.01 Å². The molecule has 2 aromatic carbocycles. The van der Waals surface area contributed by atoms with E-state index in [0.29, 0.717) is 22.4 Å². The zero-order chi connectivity index (χ0) is 18.1. The number of anilines is 2. The number of fused-ring (bicyclic) bond motifs is 1. The van der Waals surface area contributed by atoms with Gasteiger partial charge in [-0.15, -0.1) is 10.2 Å². The van der Waals surface area contributed by atoms with Gasteiger partial charge in [-0.25, -0.2) is 8.42 Å². The predicted molar refractivity (Wildman–Crippen MR) is 99.8 cm³/mol. The summed E-state index contributed by atoms with van der Waals surface area (Å²) in [5.41, 5.74) is 7.33. The molecular weight excluding hydrogens is 372 g/mol. The quantitative estimate of drug-likeness (QED) is 0.721. The van der Waals surface area contributed by atoms with E-state index in [1.165, 1.54) is 15.6 Å². The van der Waals surface area contributed by atoms with Gasteiger partial charge in [-0.3, -0.25) is 4.31 Å². The maximum atomic E-state index is 12.9. The molecule has 0 spiro atoms. The predicted octanol–water partition coefficient (Wildman–Crippen LogP) is 2.45. The molecule has 0 amide bonds. The first-order chi connectivity index (χ1) is 12.5. The Hall–Kier alpha value is -2.65. The molecule has 0 unspecified atom stereocenters. The Labute approximate surface area is 155 Å². The molecule has 0 aliphatic carbocycles. The fourth-order valence-corrected chi connectivity index (χ4v) is 4.89. The number of hydrogen-bond donors (Lipinski definition) is 1. The maximum absolute atomic E-state index is 12.9. The lowest BCUT2D eigenvalue weighted by Gasteiger charge is -2.19. The van der Waals surface area contributed by atoms with Crippen LogP contribution in [0.2, 0.25) is 0 Å². The van der Waals surface area contributed by atoms with Crippen LogP contribution in [0.1, 0.15) is 10.6 Å². The van der Waals surface area contributed by atoms with Crippen LogP contribution >= 0.6 is 11.3 Å². The molecule has 0 fully saturated rings. The minimum absolute atomic E-state index is 0.237. The van der Waals surface area contributed by atoms with Crippen LogP contribution in [0.3, 0.4) is 0 Å². The van der Waals surface area contributed by atoms with Crippen molar-refractivity contribution in [1.82, 2.24) is 10.2 Å². The zero-order valence-corrected chi connectivity index (χ0v) is 15.3. The van der Waals surface area contributed by atoms with Crippen molar-refractivity contribution in [2.45, 2.75) is 17.9 Å². The summed E-state index contributed by atoms with van der Waals surface area (Å²) in [6.45, 7) is 0.693. The first-order valence-electron chi connectivity index (χ1n) is 7.95. The topological polar surface area (TPSA) is 98.4 Å². The third-order valence-corrected chi connectivity index (χ3v) is 6.65. The zero-order valence-electron chi connectivity index (χ0n) is 13.7. The molecule has 4 rings (SSSR count). The fraction of sp³-hybridized carbons (Fsp3) is 0.176. The molecule has 26 heavy (non-hydrogen) atoms. The number of sulfonamides is 1. The number of hydrogen-bond acceptors (Lipinski definition) is 7. The number of aromatic nitrogens is 2. The molecule has 1 aliphatic rings. The van der Waals surface area contributed by atoms with E-state index in [-0.39, 0.29) is 11.5 Å². The molecule has 0 bridgehead atoms. The molecule has 0 radical (unpaired) electrons. The largest absolute Gasteiger partial charge is 0.486 e. The summed E-state index contributed by atoms with van der Waals surface area (Å²) in [4.78, 5) is 0.238. The summed E-state index contributed by atoms with van der Waals surface area (Å²) in [5.74, 6) is 0.555. The van der Waals surface area contributed by atoms with Crippen molar-refractivity contribution in [3.05, 3.63) is 59.1 Å². The van der Waals surface area contributed by atoms with Crippen LogP contribution in [-0.4, -0.2) is 25.2 Å². The van der Waals surface area contributed by atoms with Gasteiger partial charge in [-0.1, -0.05) is 29.5 Å². The van der Waals surface area contributed by atoms with E-state index in [4.69, 9.17) is 10.5 Å². The summed E-state index contributed by atoms with van der Waals surface area (Å²) < 4.78 is 32.9. The fourth-order valence-electron chi connectivity index (χ4n) is 2.86. The second kappa shape index (κ2) is 6.58. The molecule has 0 saturated heterocycles. The first kappa shape index (κ1) is 16.8. The summed E-state index contributed by atoms with van der Waals surface area (Å²) in [6.07, 6.45) is 0.724. The van der Waals surface area contributed by atoms with Crippen molar-refractivity contribution in [3.8, 4) is 5.75 Å². The Morgan fingerprint density at radius 2 is 1.88 bits per heavy atom. The van der Waals surface area contributed by atoms with Crippen LogP contribution in [-0.2, 0) is 23.1 Å². The first-order valence-corrected chi connectivity index (χ1v) is 10.2. The van der Waals surface area contributed by atoms with E-state index in [1.807, 2.05) is 24.3 Å². The van der Waals surface area contributed by atoms with Crippen molar-refractivity contribution >= 4 is 32.2 Å². The SMILES string of the molecule is Nc1nnc(COc2ccc(S(=O)(=O)N3CCc4ccccc43)cc2)s1. The third-order valence-electron chi connectivity index (χ3n) is 4.10. The summed E-state index contributed by atoms with van der Waals surface area (Å²) in [5, 5.41) is 8.64. The van der Waals surface area contributed by atoms with Crippen molar-refractivity contribution in [2.75, 3.05) is 16.6 Å². The molecular formula is C17H16N4O3S2. The van der Waals surface area contributed by atoms with Gasteiger partial charge in [-0.2, -0.15) is 0 Å². The average molecular weight is 388 g/mol. The third kappa shape index (κ3) is 3.11. The van der Waals surface area contributed by atoms with E-state index in [2.05, 4.69) is 10.2 Å². The smallest absolute Gasteiger partial charge is 0.264 e. The Kier molecular flexibility index (Phi) is 4.25. The second-order valence-electron chi connectivity index (χ2n) is 5.75. The Morgan fingerprint density at radius 1 is 1.12 bits per heavy atom. The molecule has 3 aromatic rings. The van der Waals surface area contributed by atoms with Crippen LogP contribution in [0.15, 0.2) is 53.4 Å². The van der Waals surface area contributed by atoms with Gasteiger partial charge in [0.25, 0.3) is 10.0 Å². The Bertz CT molecular complexity index is 1030. The molecule has 7 nitrogen and oxygen atoms in total. The number of nitrogens with two attached hydrogens (primary N) is 1. The minimum atomic E-state index is -3.59. The lowest BCUT2D eigenvalue weighted by molar-refractivity contribution is 0.304. The van der Waals surface area contributed by atoms with Crippen LogP contribution in [0.25, 0.3) is 0 Å². The molecule has 0 atom stereocenters. The summed E-state index contributed by atoms with van der Waals surface area (Å²) >= 11 is 1.25. The lowest BCUT2D eigenvalue weighted by Crippen LogP contribution is -2.29. The van der Waals surface area contributed by atoms with Gasteiger partial charge >= 0.3 is 0 Å². The average Bonchev–Trinajstić information content (AvgIpc) is 3.26. The molecule has 2 N–H and O–H groups in total. The van der Waals surface area contributed by atoms with Crippen LogP contribution < -0.4 is 14.8 Å². The standard InChI is InChI=1S/C17H16N4O3S2/c18-17-20-19-16(25-17)11-24-13-5-7-14(8-6-13)26(22,23)21-10-9-12-3-1-2-4-15(12)21/h1-8H,9-11H2,(H2,18,20). The van der Waals surface area contributed by atoms with Crippen LogP contribution in [0.5, 0.6) is 5.75 Å². The van der Waals surface area contributed by atoms with E-state index < -0.39 is 10.0 Å². The molecule has 0 saturated carbocycles. The van der Waals surface area contributed by atoms with Crippen molar-refractivity contribution in [1.29, 1.82) is 0 Å². The van der Waals surface area contributed by atoms with Crippen molar-refractivity contribution < 1.29 is 13.2 Å². The van der Waals surface area contributed by atoms with Gasteiger partial charge in [0.05, 0.1) is 10.6 Å². The van der Waals surface area contributed by atoms with E-state index in [1.54, 1.807) is 24.3 Å².